The number of carbonyl (C=O) groups is 1. The molecule has 1 amide bonds. The zero-order chi connectivity index (χ0) is 12.5. The first-order valence-electron chi connectivity index (χ1n) is 5.37. The number of aromatic nitrogens is 3. The number of fused-ring (bicyclic) bond motifs is 1. The molecule has 90 valence electrons. The van der Waals surface area contributed by atoms with E-state index >= 15 is 0 Å². The topological polar surface area (TPSA) is 59.8 Å². The van der Waals surface area contributed by atoms with Gasteiger partial charge < -0.3 is 4.57 Å². The van der Waals surface area contributed by atoms with Gasteiger partial charge in [-0.1, -0.05) is 0 Å². The summed E-state index contributed by atoms with van der Waals surface area (Å²) < 4.78 is 2.96. The van der Waals surface area contributed by atoms with Crippen LogP contribution in [0.3, 0.4) is 0 Å². The highest BCUT2D eigenvalue weighted by Crippen LogP contribution is 2.24. The molecule has 3 aromatic heterocycles. The first-order chi connectivity index (χ1) is 8.75. The molecule has 0 saturated carbocycles. The maximum atomic E-state index is 12.1. The summed E-state index contributed by atoms with van der Waals surface area (Å²) in [7, 11) is 1.87. The number of anilines is 1. The summed E-state index contributed by atoms with van der Waals surface area (Å²) in [4.78, 5) is 20.0. The lowest BCUT2D eigenvalue weighted by Gasteiger charge is -2.04. The van der Waals surface area contributed by atoms with Crippen LogP contribution in [-0.4, -0.2) is 20.4 Å². The second-order valence-electron chi connectivity index (χ2n) is 3.79. The molecule has 0 aromatic carbocycles. The molecule has 3 aromatic rings. The van der Waals surface area contributed by atoms with Gasteiger partial charge in [-0.2, -0.15) is 0 Å². The average Bonchev–Trinajstić information content (AvgIpc) is 2.94. The third-order valence-corrected chi connectivity index (χ3v) is 3.54. The smallest absolute Gasteiger partial charge is 0.274 e. The predicted molar refractivity (Wildman–Crippen MR) is 70.8 cm³/mol. The summed E-state index contributed by atoms with van der Waals surface area (Å²) in [5.74, 6) is 0.110. The molecule has 0 aliphatic heterocycles. The normalized spacial score (nSPS) is 10.7. The van der Waals surface area contributed by atoms with Crippen LogP contribution in [0.25, 0.3) is 10.2 Å². The highest BCUT2D eigenvalue weighted by atomic mass is 32.1. The number of nitrogens with zero attached hydrogens (tertiary/aromatic N) is 3. The molecule has 0 saturated heterocycles. The van der Waals surface area contributed by atoms with E-state index in [0.29, 0.717) is 11.6 Å². The van der Waals surface area contributed by atoms with Crippen molar-refractivity contribution in [2.75, 3.05) is 5.32 Å². The number of hydrogen-bond donors (Lipinski definition) is 1. The van der Waals surface area contributed by atoms with Crippen LogP contribution in [0, 0.1) is 0 Å². The number of rotatable bonds is 2. The van der Waals surface area contributed by atoms with Crippen LogP contribution in [0.4, 0.5) is 5.95 Å². The molecular formula is C12H10N4OS. The minimum atomic E-state index is -0.202. The zero-order valence-corrected chi connectivity index (χ0v) is 10.4. The molecule has 0 spiro atoms. The summed E-state index contributed by atoms with van der Waals surface area (Å²) >= 11 is 1.61. The van der Waals surface area contributed by atoms with Gasteiger partial charge in [0.05, 0.1) is 10.2 Å². The molecule has 0 aliphatic rings. The van der Waals surface area contributed by atoms with Crippen LogP contribution in [0.5, 0.6) is 0 Å². The molecule has 0 radical (unpaired) electrons. The van der Waals surface area contributed by atoms with Crippen LogP contribution >= 0.6 is 11.3 Å². The minimum Gasteiger partial charge on any atom is -0.339 e. The van der Waals surface area contributed by atoms with Crippen LogP contribution < -0.4 is 5.32 Å². The Labute approximate surface area is 107 Å². The molecule has 0 bridgehead atoms. The molecule has 0 atom stereocenters. The number of amides is 1. The lowest BCUT2D eigenvalue weighted by molar-refractivity contribution is 0.101. The third kappa shape index (κ3) is 1.76. The number of carbonyl (C=O) groups excluding carboxylic acids is 1. The number of hydrogen-bond acceptors (Lipinski definition) is 4. The van der Waals surface area contributed by atoms with Crippen molar-refractivity contribution in [1.29, 1.82) is 0 Å². The highest BCUT2D eigenvalue weighted by molar-refractivity contribution is 7.17. The van der Waals surface area contributed by atoms with Crippen molar-refractivity contribution in [3.8, 4) is 0 Å². The van der Waals surface area contributed by atoms with Gasteiger partial charge in [0.2, 0.25) is 5.95 Å². The Morgan fingerprint density at radius 2 is 2.17 bits per heavy atom. The van der Waals surface area contributed by atoms with Gasteiger partial charge in [-0.15, -0.1) is 11.3 Å². The van der Waals surface area contributed by atoms with Crippen molar-refractivity contribution < 1.29 is 4.79 Å². The first kappa shape index (κ1) is 10.9. The summed E-state index contributed by atoms with van der Waals surface area (Å²) in [6.45, 7) is 0. The van der Waals surface area contributed by atoms with Crippen LogP contribution in [-0.2, 0) is 7.05 Å². The summed E-state index contributed by atoms with van der Waals surface area (Å²) in [6, 6.07) is 5.57. The second-order valence-corrected chi connectivity index (χ2v) is 4.73. The van der Waals surface area contributed by atoms with Gasteiger partial charge in [0, 0.05) is 19.4 Å². The molecule has 0 unspecified atom stereocenters. The Kier molecular flexibility index (Phi) is 2.56. The maximum Gasteiger partial charge on any atom is 0.274 e. The number of nitrogens with one attached hydrogen (secondary N) is 1. The van der Waals surface area contributed by atoms with Crippen molar-refractivity contribution in [1.82, 2.24) is 14.5 Å². The lowest BCUT2D eigenvalue weighted by atomic mass is 10.4. The second kappa shape index (κ2) is 4.23. The van der Waals surface area contributed by atoms with E-state index in [4.69, 9.17) is 0 Å². The van der Waals surface area contributed by atoms with Gasteiger partial charge in [0.25, 0.3) is 5.91 Å². The Morgan fingerprint density at radius 1 is 1.39 bits per heavy atom. The SMILES string of the molecule is Cn1c(C(=O)Nc2ncccn2)cc2sccc21. The van der Waals surface area contributed by atoms with Crippen LogP contribution in [0.2, 0.25) is 0 Å². The molecule has 0 fully saturated rings. The fourth-order valence-corrected chi connectivity index (χ4v) is 2.65. The molecule has 5 nitrogen and oxygen atoms in total. The van der Waals surface area contributed by atoms with Crippen LogP contribution in [0.15, 0.2) is 36.0 Å². The number of thiophene rings is 1. The van der Waals surface area contributed by atoms with E-state index in [1.807, 2.05) is 29.1 Å². The Balaban J connectivity index is 1.92. The van der Waals surface area contributed by atoms with E-state index in [1.54, 1.807) is 29.8 Å². The van der Waals surface area contributed by atoms with Crippen molar-refractivity contribution >= 4 is 33.4 Å². The lowest BCUT2D eigenvalue weighted by Crippen LogP contribution is -2.17. The average molecular weight is 258 g/mol. The van der Waals surface area contributed by atoms with Gasteiger partial charge >= 0.3 is 0 Å². The standard InChI is InChI=1S/C12H10N4OS/c1-16-8-3-6-18-10(8)7-9(16)11(17)15-12-13-4-2-5-14-12/h2-7H,1H3,(H,13,14,15,17). The van der Waals surface area contributed by atoms with Gasteiger partial charge in [-0.05, 0) is 23.6 Å². The summed E-state index contributed by atoms with van der Waals surface area (Å²) in [5, 5.41) is 4.68. The van der Waals surface area contributed by atoms with Crippen molar-refractivity contribution in [2.45, 2.75) is 0 Å². The van der Waals surface area contributed by atoms with Gasteiger partial charge in [0.1, 0.15) is 5.69 Å². The van der Waals surface area contributed by atoms with E-state index < -0.39 is 0 Å². The van der Waals surface area contributed by atoms with E-state index in [0.717, 1.165) is 10.2 Å². The summed E-state index contributed by atoms with van der Waals surface area (Å²) in [5.41, 5.74) is 1.66. The largest absolute Gasteiger partial charge is 0.339 e. The third-order valence-electron chi connectivity index (χ3n) is 2.69. The molecule has 18 heavy (non-hydrogen) atoms. The van der Waals surface area contributed by atoms with E-state index in [1.165, 1.54) is 0 Å². The van der Waals surface area contributed by atoms with E-state index in [9.17, 15) is 4.79 Å². The molecule has 3 rings (SSSR count). The highest BCUT2D eigenvalue weighted by Gasteiger charge is 2.14. The first-order valence-corrected chi connectivity index (χ1v) is 6.25. The number of aryl methyl sites for hydroxylation is 1. The Morgan fingerprint density at radius 3 is 2.89 bits per heavy atom. The predicted octanol–water partition coefficient (Wildman–Crippen LogP) is 2.28. The summed E-state index contributed by atoms with van der Waals surface area (Å²) in [6.07, 6.45) is 3.18. The van der Waals surface area contributed by atoms with Crippen molar-refractivity contribution in [3.63, 3.8) is 0 Å². The van der Waals surface area contributed by atoms with E-state index in [2.05, 4.69) is 15.3 Å². The monoisotopic (exact) mass is 258 g/mol. The molecule has 1 N–H and O–H groups in total. The Bertz CT molecular complexity index is 701. The van der Waals surface area contributed by atoms with Crippen LogP contribution in [0.1, 0.15) is 10.5 Å². The van der Waals surface area contributed by atoms with Gasteiger partial charge in [-0.3, -0.25) is 10.1 Å². The molecule has 0 aliphatic carbocycles. The van der Waals surface area contributed by atoms with Crippen molar-refractivity contribution in [3.05, 3.63) is 41.7 Å². The van der Waals surface area contributed by atoms with Gasteiger partial charge in [0.15, 0.2) is 0 Å². The van der Waals surface area contributed by atoms with Gasteiger partial charge in [-0.25, -0.2) is 9.97 Å². The molecule has 3 heterocycles. The zero-order valence-electron chi connectivity index (χ0n) is 9.62. The fraction of sp³-hybridized carbons (Fsp3) is 0.0833. The molecule has 6 heteroatoms. The molecular weight excluding hydrogens is 248 g/mol. The van der Waals surface area contributed by atoms with E-state index in [-0.39, 0.29) is 5.91 Å². The quantitative estimate of drug-likeness (QED) is 0.767. The van der Waals surface area contributed by atoms with Crippen molar-refractivity contribution in [2.24, 2.45) is 7.05 Å². The Hall–Kier alpha value is -2.21. The minimum absolute atomic E-state index is 0.202. The maximum absolute atomic E-state index is 12.1. The fourth-order valence-electron chi connectivity index (χ4n) is 1.80.